The SMILES string of the molecule is Cn1ncc2ccc(-c3cn4ccnc4c(Nc4ccc(N5CCOCC5)nc4)n3)cc21. The maximum Gasteiger partial charge on any atom is 0.180 e. The molecule has 1 aromatic carbocycles. The minimum absolute atomic E-state index is 0.679. The van der Waals surface area contributed by atoms with Crippen LogP contribution in [0.15, 0.2) is 61.3 Å². The van der Waals surface area contributed by atoms with Gasteiger partial charge in [0.2, 0.25) is 0 Å². The summed E-state index contributed by atoms with van der Waals surface area (Å²) >= 11 is 0. The normalized spacial score (nSPS) is 14.3. The first kappa shape index (κ1) is 18.8. The summed E-state index contributed by atoms with van der Waals surface area (Å²) in [5.74, 6) is 1.63. The molecule has 9 nitrogen and oxygen atoms in total. The van der Waals surface area contributed by atoms with E-state index >= 15 is 0 Å². The van der Waals surface area contributed by atoms with Crippen molar-refractivity contribution in [2.24, 2.45) is 7.05 Å². The van der Waals surface area contributed by atoms with Gasteiger partial charge in [0.1, 0.15) is 5.82 Å². The largest absolute Gasteiger partial charge is 0.378 e. The maximum absolute atomic E-state index is 5.43. The van der Waals surface area contributed by atoms with E-state index in [4.69, 9.17) is 9.72 Å². The van der Waals surface area contributed by atoms with Crippen LogP contribution in [0.2, 0.25) is 0 Å². The lowest BCUT2D eigenvalue weighted by molar-refractivity contribution is 0.122. The van der Waals surface area contributed by atoms with Gasteiger partial charge in [-0.2, -0.15) is 5.10 Å². The highest BCUT2D eigenvalue weighted by atomic mass is 16.5. The number of morpholine rings is 1. The van der Waals surface area contributed by atoms with Crippen LogP contribution >= 0.6 is 0 Å². The van der Waals surface area contributed by atoms with Crippen molar-refractivity contribution in [2.45, 2.75) is 0 Å². The lowest BCUT2D eigenvalue weighted by Crippen LogP contribution is -2.36. The average Bonchev–Trinajstić information content (AvgIpc) is 3.47. The number of ether oxygens (including phenoxy) is 1. The zero-order valence-corrected chi connectivity index (χ0v) is 17.6. The summed E-state index contributed by atoms with van der Waals surface area (Å²) in [5, 5.41) is 8.84. The lowest BCUT2D eigenvalue weighted by atomic mass is 10.1. The smallest absolute Gasteiger partial charge is 0.180 e. The van der Waals surface area contributed by atoms with Gasteiger partial charge in [0.05, 0.1) is 42.5 Å². The van der Waals surface area contributed by atoms with Crippen LogP contribution in [0.4, 0.5) is 17.3 Å². The van der Waals surface area contributed by atoms with Crippen LogP contribution in [0, 0.1) is 0 Å². The molecule has 0 bridgehead atoms. The molecule has 32 heavy (non-hydrogen) atoms. The third kappa shape index (κ3) is 3.32. The van der Waals surface area contributed by atoms with Crippen molar-refractivity contribution in [1.29, 1.82) is 0 Å². The molecule has 6 rings (SSSR count). The molecule has 0 radical (unpaired) electrons. The Kier molecular flexibility index (Phi) is 4.46. The monoisotopic (exact) mass is 426 g/mol. The van der Waals surface area contributed by atoms with Gasteiger partial charge in [-0.1, -0.05) is 12.1 Å². The molecule has 5 heterocycles. The first-order chi connectivity index (χ1) is 15.7. The molecule has 1 fully saturated rings. The van der Waals surface area contributed by atoms with E-state index in [0.717, 1.165) is 65.6 Å². The van der Waals surface area contributed by atoms with Crippen LogP contribution in [0.5, 0.6) is 0 Å². The fourth-order valence-electron chi connectivity index (χ4n) is 4.03. The second kappa shape index (κ2) is 7.61. The molecule has 9 heteroatoms. The number of aromatic nitrogens is 6. The molecule has 1 aliphatic heterocycles. The van der Waals surface area contributed by atoms with E-state index in [1.54, 1.807) is 6.20 Å². The summed E-state index contributed by atoms with van der Waals surface area (Å²) in [6, 6.07) is 10.3. The third-order valence-electron chi connectivity index (χ3n) is 5.76. The quantitative estimate of drug-likeness (QED) is 0.472. The van der Waals surface area contributed by atoms with Crippen LogP contribution in [0.1, 0.15) is 0 Å². The van der Waals surface area contributed by atoms with E-state index in [9.17, 15) is 0 Å². The number of benzene rings is 1. The minimum Gasteiger partial charge on any atom is -0.378 e. The number of aryl methyl sites for hydroxylation is 1. The highest BCUT2D eigenvalue weighted by molar-refractivity contribution is 5.84. The van der Waals surface area contributed by atoms with Gasteiger partial charge in [0, 0.05) is 49.7 Å². The molecule has 160 valence electrons. The van der Waals surface area contributed by atoms with E-state index in [1.165, 1.54) is 0 Å². The predicted octanol–water partition coefficient (Wildman–Crippen LogP) is 3.26. The van der Waals surface area contributed by atoms with Crippen LogP contribution < -0.4 is 10.2 Å². The molecule has 0 aliphatic carbocycles. The van der Waals surface area contributed by atoms with Crippen molar-refractivity contribution in [2.75, 3.05) is 36.5 Å². The molecule has 0 saturated carbocycles. The van der Waals surface area contributed by atoms with Crippen LogP contribution in [-0.4, -0.2) is 55.4 Å². The molecule has 0 spiro atoms. The van der Waals surface area contributed by atoms with Crippen molar-refractivity contribution in [3.8, 4) is 11.3 Å². The van der Waals surface area contributed by atoms with E-state index in [0.29, 0.717) is 5.82 Å². The van der Waals surface area contributed by atoms with Gasteiger partial charge >= 0.3 is 0 Å². The van der Waals surface area contributed by atoms with Gasteiger partial charge in [0.15, 0.2) is 11.5 Å². The Labute approximate surface area is 184 Å². The second-order valence-corrected chi connectivity index (χ2v) is 7.80. The summed E-state index contributed by atoms with van der Waals surface area (Å²) in [4.78, 5) is 16.2. The Morgan fingerprint density at radius 2 is 1.94 bits per heavy atom. The zero-order chi connectivity index (χ0) is 21.5. The van der Waals surface area contributed by atoms with Gasteiger partial charge in [-0.15, -0.1) is 0 Å². The first-order valence-electron chi connectivity index (χ1n) is 10.6. The van der Waals surface area contributed by atoms with Gasteiger partial charge in [-0.05, 0) is 18.2 Å². The van der Waals surface area contributed by atoms with E-state index < -0.39 is 0 Å². The van der Waals surface area contributed by atoms with Crippen LogP contribution in [0.3, 0.4) is 0 Å². The summed E-state index contributed by atoms with van der Waals surface area (Å²) in [7, 11) is 1.94. The molecule has 0 amide bonds. The molecule has 1 saturated heterocycles. The van der Waals surface area contributed by atoms with Crippen molar-refractivity contribution in [1.82, 2.24) is 29.1 Å². The number of hydrogen-bond donors (Lipinski definition) is 1. The average molecular weight is 426 g/mol. The van der Waals surface area contributed by atoms with E-state index in [2.05, 4.69) is 43.5 Å². The molecule has 5 aromatic rings. The molecule has 1 aliphatic rings. The third-order valence-corrected chi connectivity index (χ3v) is 5.76. The Morgan fingerprint density at radius 1 is 1.03 bits per heavy atom. The Balaban J connectivity index is 1.34. The Bertz CT molecular complexity index is 1400. The van der Waals surface area contributed by atoms with Crippen molar-refractivity contribution in [3.63, 3.8) is 0 Å². The Morgan fingerprint density at radius 3 is 2.78 bits per heavy atom. The Hall–Kier alpha value is -3.98. The fourth-order valence-corrected chi connectivity index (χ4v) is 4.03. The van der Waals surface area contributed by atoms with Crippen molar-refractivity contribution < 1.29 is 4.74 Å². The number of fused-ring (bicyclic) bond motifs is 2. The van der Waals surface area contributed by atoms with Gasteiger partial charge in [-0.3, -0.25) is 4.68 Å². The number of imidazole rings is 1. The molecular formula is C23H22N8O. The van der Waals surface area contributed by atoms with Gasteiger partial charge in [0.25, 0.3) is 0 Å². The molecule has 0 unspecified atom stereocenters. The van der Waals surface area contributed by atoms with Crippen LogP contribution in [0.25, 0.3) is 27.8 Å². The molecule has 0 atom stereocenters. The molecule has 1 N–H and O–H groups in total. The second-order valence-electron chi connectivity index (χ2n) is 7.80. The van der Waals surface area contributed by atoms with Crippen LogP contribution in [-0.2, 0) is 11.8 Å². The van der Waals surface area contributed by atoms with Gasteiger partial charge in [-0.25, -0.2) is 15.0 Å². The first-order valence-corrected chi connectivity index (χ1v) is 10.6. The molecule has 4 aromatic heterocycles. The lowest BCUT2D eigenvalue weighted by Gasteiger charge is -2.27. The maximum atomic E-state index is 5.43. The highest BCUT2D eigenvalue weighted by Gasteiger charge is 2.14. The van der Waals surface area contributed by atoms with Crippen molar-refractivity contribution >= 4 is 33.9 Å². The fraction of sp³-hybridized carbons (Fsp3) is 0.217. The number of nitrogens with zero attached hydrogens (tertiary/aromatic N) is 7. The zero-order valence-electron chi connectivity index (χ0n) is 17.6. The number of rotatable bonds is 4. The minimum atomic E-state index is 0.679. The standard InChI is InChI=1S/C23H22N8O/c1-29-20-12-16(2-3-17(20)13-26-29)19-15-31-7-6-24-23(31)22(28-19)27-18-4-5-21(25-14-18)30-8-10-32-11-9-30/h2-7,12-15H,8-11H2,1H3,(H,27,28). The predicted molar refractivity (Wildman–Crippen MR) is 123 cm³/mol. The van der Waals surface area contributed by atoms with E-state index in [-0.39, 0.29) is 0 Å². The topological polar surface area (TPSA) is 85.4 Å². The van der Waals surface area contributed by atoms with E-state index in [1.807, 2.05) is 53.1 Å². The summed E-state index contributed by atoms with van der Waals surface area (Å²) in [5.41, 5.74) is 4.54. The number of hydrogen-bond acceptors (Lipinski definition) is 7. The number of anilines is 3. The number of nitrogens with one attached hydrogen (secondary N) is 1. The summed E-state index contributed by atoms with van der Waals surface area (Å²) < 4.78 is 9.28. The summed E-state index contributed by atoms with van der Waals surface area (Å²) in [6.07, 6.45) is 9.39. The summed E-state index contributed by atoms with van der Waals surface area (Å²) in [6.45, 7) is 3.19. The highest BCUT2D eigenvalue weighted by Crippen LogP contribution is 2.27. The van der Waals surface area contributed by atoms with Crippen molar-refractivity contribution in [3.05, 3.63) is 61.3 Å². The number of pyridine rings is 1. The van der Waals surface area contributed by atoms with Gasteiger partial charge < -0.3 is 19.4 Å². The molecular weight excluding hydrogens is 404 g/mol.